The molecule has 0 radical (unpaired) electrons. The maximum atomic E-state index is 12.7. The largest absolute Gasteiger partial charge is 0.465 e. The van der Waals surface area contributed by atoms with Gasteiger partial charge in [0.2, 0.25) is 0 Å². The van der Waals surface area contributed by atoms with Crippen LogP contribution in [0.4, 0.5) is 5.69 Å². The monoisotopic (exact) mass is 353 g/mol. The highest BCUT2D eigenvalue weighted by Gasteiger charge is 2.23. The van der Waals surface area contributed by atoms with E-state index < -0.39 is 16.0 Å². The number of ether oxygens (including phenoxy) is 1. The minimum absolute atomic E-state index is 0.118. The van der Waals surface area contributed by atoms with Gasteiger partial charge in [-0.1, -0.05) is 17.7 Å². The molecule has 2 aromatic rings. The number of hydrogen-bond donors (Lipinski definition) is 0. The number of carbonyl (C=O) groups is 1. The molecule has 0 bridgehead atoms. The summed E-state index contributed by atoms with van der Waals surface area (Å²) in [6.07, 6.45) is 0. The highest BCUT2D eigenvalue weighted by molar-refractivity contribution is 7.92. The Bertz CT molecular complexity index is 832. The Morgan fingerprint density at radius 1 is 1.13 bits per heavy atom. The molecule has 0 saturated carbocycles. The topological polar surface area (TPSA) is 63.7 Å². The van der Waals surface area contributed by atoms with Gasteiger partial charge in [0.05, 0.1) is 23.3 Å². The third kappa shape index (κ3) is 3.48. The Labute approximate surface area is 140 Å². The Balaban J connectivity index is 2.48. The van der Waals surface area contributed by atoms with Gasteiger partial charge in [-0.3, -0.25) is 4.31 Å². The Morgan fingerprint density at radius 2 is 1.74 bits per heavy atom. The molecule has 0 aliphatic rings. The summed E-state index contributed by atoms with van der Waals surface area (Å²) in [5.41, 5.74) is 1.41. The number of benzene rings is 2. The predicted octanol–water partition coefficient (Wildman–Crippen LogP) is 3.26. The van der Waals surface area contributed by atoms with Crippen LogP contribution in [0.15, 0.2) is 47.4 Å². The normalized spacial score (nSPS) is 11.1. The molecule has 0 spiro atoms. The van der Waals surface area contributed by atoms with E-state index in [4.69, 9.17) is 11.6 Å². The van der Waals surface area contributed by atoms with Gasteiger partial charge >= 0.3 is 5.97 Å². The van der Waals surface area contributed by atoms with E-state index in [0.717, 1.165) is 9.87 Å². The van der Waals surface area contributed by atoms with Crippen LogP contribution in [0.5, 0.6) is 0 Å². The molecule has 0 N–H and O–H groups in total. The molecule has 0 amide bonds. The van der Waals surface area contributed by atoms with Crippen molar-refractivity contribution in [2.75, 3.05) is 18.5 Å². The van der Waals surface area contributed by atoms with Crippen LogP contribution < -0.4 is 4.31 Å². The van der Waals surface area contributed by atoms with Gasteiger partial charge in [0.25, 0.3) is 10.0 Å². The van der Waals surface area contributed by atoms with Gasteiger partial charge in [0.15, 0.2) is 0 Å². The minimum Gasteiger partial charge on any atom is -0.465 e. The van der Waals surface area contributed by atoms with E-state index in [1.54, 1.807) is 19.1 Å². The summed E-state index contributed by atoms with van der Waals surface area (Å²) in [7, 11) is -1.05. The molecule has 2 aromatic carbocycles. The highest BCUT2D eigenvalue weighted by Crippen LogP contribution is 2.27. The molecule has 122 valence electrons. The quantitative estimate of drug-likeness (QED) is 0.791. The number of hydrogen-bond acceptors (Lipinski definition) is 4. The van der Waals surface area contributed by atoms with E-state index >= 15 is 0 Å². The highest BCUT2D eigenvalue weighted by atomic mass is 35.5. The van der Waals surface area contributed by atoms with Crippen LogP contribution in [-0.4, -0.2) is 28.5 Å². The maximum absolute atomic E-state index is 12.7. The van der Waals surface area contributed by atoms with Gasteiger partial charge in [-0.05, 0) is 48.9 Å². The summed E-state index contributed by atoms with van der Waals surface area (Å²) in [4.78, 5) is 11.8. The van der Waals surface area contributed by atoms with E-state index in [2.05, 4.69) is 4.74 Å². The van der Waals surface area contributed by atoms with Crippen LogP contribution in [0.3, 0.4) is 0 Å². The first-order valence-corrected chi connectivity index (χ1v) is 8.52. The summed E-state index contributed by atoms with van der Waals surface area (Å²) in [5, 5.41) is 0.454. The van der Waals surface area contributed by atoms with Gasteiger partial charge in [-0.15, -0.1) is 0 Å². The number of esters is 1. The molecule has 23 heavy (non-hydrogen) atoms. The van der Waals surface area contributed by atoms with Gasteiger partial charge < -0.3 is 4.74 Å². The fourth-order valence-corrected chi connectivity index (χ4v) is 3.47. The van der Waals surface area contributed by atoms with E-state index in [-0.39, 0.29) is 10.5 Å². The summed E-state index contributed by atoms with van der Waals surface area (Å²) in [6, 6.07) is 10.7. The van der Waals surface area contributed by atoms with Gasteiger partial charge in [0, 0.05) is 12.1 Å². The lowest BCUT2D eigenvalue weighted by Crippen LogP contribution is -2.27. The second-order valence-corrected chi connectivity index (χ2v) is 7.32. The molecular weight excluding hydrogens is 338 g/mol. The second kappa shape index (κ2) is 6.60. The molecule has 0 heterocycles. The van der Waals surface area contributed by atoms with Crippen LogP contribution >= 0.6 is 11.6 Å². The van der Waals surface area contributed by atoms with Crippen LogP contribution in [0, 0.1) is 6.92 Å². The van der Waals surface area contributed by atoms with Crippen molar-refractivity contribution in [2.45, 2.75) is 11.8 Å². The maximum Gasteiger partial charge on any atom is 0.337 e. The minimum atomic E-state index is -3.76. The zero-order chi connectivity index (χ0) is 17.2. The molecule has 2 rings (SSSR count). The molecule has 0 saturated heterocycles. The van der Waals surface area contributed by atoms with E-state index in [0.29, 0.717) is 10.7 Å². The Morgan fingerprint density at radius 3 is 2.30 bits per heavy atom. The molecule has 0 fully saturated rings. The van der Waals surface area contributed by atoms with Crippen molar-refractivity contribution in [1.29, 1.82) is 0 Å². The first-order valence-electron chi connectivity index (χ1n) is 6.71. The number of nitrogens with zero attached hydrogens (tertiary/aromatic N) is 1. The lowest BCUT2D eigenvalue weighted by molar-refractivity contribution is 0.0600. The zero-order valence-corrected chi connectivity index (χ0v) is 14.5. The predicted molar refractivity (Wildman–Crippen MR) is 89.6 cm³/mol. The Hall–Kier alpha value is -2.05. The molecule has 7 heteroatoms. The van der Waals surface area contributed by atoms with Crippen molar-refractivity contribution in [3.05, 3.63) is 58.6 Å². The number of sulfonamides is 1. The van der Waals surface area contributed by atoms with E-state index in [9.17, 15) is 13.2 Å². The van der Waals surface area contributed by atoms with Gasteiger partial charge in [-0.25, -0.2) is 13.2 Å². The first-order chi connectivity index (χ1) is 10.8. The molecule has 5 nitrogen and oxygen atoms in total. The van der Waals surface area contributed by atoms with E-state index in [1.165, 1.54) is 44.5 Å². The van der Waals surface area contributed by atoms with Crippen molar-refractivity contribution in [2.24, 2.45) is 0 Å². The number of aryl methyl sites for hydroxylation is 1. The molecule has 0 atom stereocenters. The molecule has 0 aliphatic heterocycles. The number of anilines is 1. The van der Waals surface area contributed by atoms with Crippen molar-refractivity contribution < 1.29 is 17.9 Å². The molecule has 0 unspecified atom stereocenters. The van der Waals surface area contributed by atoms with Gasteiger partial charge in [-0.2, -0.15) is 0 Å². The van der Waals surface area contributed by atoms with Crippen molar-refractivity contribution in [1.82, 2.24) is 0 Å². The first kappa shape index (κ1) is 17.3. The van der Waals surface area contributed by atoms with Crippen LogP contribution in [-0.2, 0) is 14.8 Å². The van der Waals surface area contributed by atoms with Gasteiger partial charge in [0.1, 0.15) is 0 Å². The van der Waals surface area contributed by atoms with Crippen molar-refractivity contribution in [3.63, 3.8) is 0 Å². The number of methoxy groups -OCH3 is 1. The zero-order valence-electron chi connectivity index (χ0n) is 12.9. The van der Waals surface area contributed by atoms with Crippen molar-refractivity contribution >= 4 is 33.3 Å². The fourth-order valence-electron chi connectivity index (χ4n) is 2.09. The third-order valence-electron chi connectivity index (χ3n) is 3.44. The van der Waals surface area contributed by atoms with Crippen LogP contribution in [0.25, 0.3) is 0 Å². The Kier molecular flexibility index (Phi) is 4.97. The fraction of sp³-hybridized carbons (Fsp3) is 0.188. The molecule has 0 aromatic heterocycles. The average molecular weight is 354 g/mol. The molecule has 0 aliphatic carbocycles. The summed E-state index contributed by atoms with van der Waals surface area (Å²) >= 11 is 5.80. The van der Waals surface area contributed by atoms with Crippen molar-refractivity contribution in [3.8, 4) is 0 Å². The molecular formula is C16H16ClNO4S. The average Bonchev–Trinajstić information content (AvgIpc) is 2.54. The second-order valence-electron chi connectivity index (χ2n) is 4.92. The summed E-state index contributed by atoms with van der Waals surface area (Å²) in [6.45, 7) is 1.77. The SMILES string of the molecule is COC(=O)c1ccc(C)c(N(C)S(=O)(=O)c2ccc(Cl)cc2)c1. The lowest BCUT2D eigenvalue weighted by Gasteiger charge is -2.22. The number of carbonyl (C=O) groups excluding carboxylic acids is 1. The number of rotatable bonds is 4. The summed E-state index contributed by atoms with van der Waals surface area (Å²) in [5.74, 6) is -0.524. The third-order valence-corrected chi connectivity index (χ3v) is 5.48. The summed E-state index contributed by atoms with van der Waals surface area (Å²) < 4.78 is 31.2. The van der Waals surface area contributed by atoms with Crippen LogP contribution in [0.2, 0.25) is 5.02 Å². The standard InChI is InChI=1S/C16H16ClNO4S/c1-11-4-5-12(16(19)22-3)10-15(11)18(2)23(20,21)14-8-6-13(17)7-9-14/h4-10H,1-3H3. The smallest absolute Gasteiger partial charge is 0.337 e. The lowest BCUT2D eigenvalue weighted by atomic mass is 10.1. The van der Waals surface area contributed by atoms with E-state index in [1.807, 2.05) is 0 Å². The van der Waals surface area contributed by atoms with Crippen LogP contribution in [0.1, 0.15) is 15.9 Å². The number of halogens is 1.